The molecule has 3 heteroatoms. The van der Waals surface area contributed by atoms with E-state index in [-0.39, 0.29) is 0 Å². The lowest BCUT2D eigenvalue weighted by atomic mass is 9.85. The summed E-state index contributed by atoms with van der Waals surface area (Å²) in [7, 11) is 1.59. The molecular weight excluding hydrogens is 212 g/mol. The maximum atomic E-state index is 8.98. The van der Waals surface area contributed by atoms with Crippen LogP contribution in [0.5, 0.6) is 5.75 Å². The molecule has 1 fully saturated rings. The van der Waals surface area contributed by atoms with Crippen molar-refractivity contribution in [3.63, 3.8) is 0 Å². The molecule has 0 unspecified atom stereocenters. The fourth-order valence-electron chi connectivity index (χ4n) is 2.07. The molecule has 0 spiro atoms. The molecule has 0 saturated heterocycles. The molecule has 17 heavy (non-hydrogen) atoms. The van der Waals surface area contributed by atoms with Crippen molar-refractivity contribution in [3.05, 3.63) is 29.3 Å². The van der Waals surface area contributed by atoms with E-state index in [0.717, 1.165) is 24.6 Å². The zero-order valence-corrected chi connectivity index (χ0v) is 10.2. The SMILES string of the molecule is COc1ccc(CNCC2CCC2)cc1C#N. The maximum Gasteiger partial charge on any atom is 0.136 e. The van der Waals surface area contributed by atoms with Crippen molar-refractivity contribution in [2.45, 2.75) is 25.8 Å². The first-order chi connectivity index (χ1) is 8.33. The second-order valence-electron chi connectivity index (χ2n) is 4.57. The minimum atomic E-state index is 0.607. The summed E-state index contributed by atoms with van der Waals surface area (Å²) in [4.78, 5) is 0. The number of ether oxygens (including phenoxy) is 1. The number of rotatable bonds is 5. The normalized spacial score (nSPS) is 15.1. The van der Waals surface area contributed by atoms with E-state index in [0.29, 0.717) is 11.3 Å². The fraction of sp³-hybridized carbons (Fsp3) is 0.500. The van der Waals surface area contributed by atoms with Gasteiger partial charge in [0.2, 0.25) is 0 Å². The van der Waals surface area contributed by atoms with E-state index in [2.05, 4.69) is 11.4 Å². The highest BCUT2D eigenvalue weighted by molar-refractivity contribution is 5.45. The summed E-state index contributed by atoms with van der Waals surface area (Å²) in [6.07, 6.45) is 4.10. The molecule has 0 radical (unpaired) electrons. The van der Waals surface area contributed by atoms with E-state index in [1.54, 1.807) is 7.11 Å². The van der Waals surface area contributed by atoms with E-state index >= 15 is 0 Å². The minimum absolute atomic E-state index is 0.607. The van der Waals surface area contributed by atoms with E-state index in [1.807, 2.05) is 18.2 Å². The molecule has 1 aromatic rings. The molecule has 2 rings (SSSR count). The maximum absolute atomic E-state index is 8.98. The van der Waals surface area contributed by atoms with Gasteiger partial charge in [-0.3, -0.25) is 0 Å². The van der Waals surface area contributed by atoms with Crippen LogP contribution in [0.2, 0.25) is 0 Å². The van der Waals surface area contributed by atoms with Gasteiger partial charge in [-0.2, -0.15) is 5.26 Å². The Kier molecular flexibility index (Phi) is 4.00. The van der Waals surface area contributed by atoms with Crippen molar-refractivity contribution >= 4 is 0 Å². The van der Waals surface area contributed by atoms with Crippen molar-refractivity contribution in [1.82, 2.24) is 5.32 Å². The second-order valence-corrected chi connectivity index (χ2v) is 4.57. The van der Waals surface area contributed by atoms with Crippen LogP contribution in [0, 0.1) is 17.2 Å². The van der Waals surface area contributed by atoms with Crippen molar-refractivity contribution in [1.29, 1.82) is 5.26 Å². The summed E-state index contributed by atoms with van der Waals surface area (Å²) in [5.41, 5.74) is 1.75. The van der Waals surface area contributed by atoms with Gasteiger partial charge in [-0.25, -0.2) is 0 Å². The Morgan fingerprint density at radius 1 is 1.47 bits per heavy atom. The van der Waals surface area contributed by atoms with Crippen LogP contribution in [0.25, 0.3) is 0 Å². The Bertz CT molecular complexity index is 419. The highest BCUT2D eigenvalue weighted by atomic mass is 16.5. The van der Waals surface area contributed by atoms with Gasteiger partial charge in [0.05, 0.1) is 12.7 Å². The van der Waals surface area contributed by atoms with Gasteiger partial charge in [-0.15, -0.1) is 0 Å². The van der Waals surface area contributed by atoms with E-state index in [9.17, 15) is 0 Å². The highest BCUT2D eigenvalue weighted by Gasteiger charge is 2.16. The molecular formula is C14H18N2O. The number of methoxy groups -OCH3 is 1. The smallest absolute Gasteiger partial charge is 0.136 e. The number of hydrogen-bond donors (Lipinski definition) is 1. The summed E-state index contributed by atoms with van der Waals surface area (Å²) in [5, 5.41) is 12.4. The summed E-state index contributed by atoms with van der Waals surface area (Å²) in [6, 6.07) is 7.92. The third-order valence-corrected chi connectivity index (χ3v) is 3.37. The number of nitrogens with one attached hydrogen (secondary N) is 1. The first-order valence-corrected chi connectivity index (χ1v) is 6.11. The molecule has 3 nitrogen and oxygen atoms in total. The molecule has 1 aliphatic rings. The Morgan fingerprint density at radius 2 is 2.29 bits per heavy atom. The van der Waals surface area contributed by atoms with Gasteiger partial charge in [-0.1, -0.05) is 12.5 Å². The van der Waals surface area contributed by atoms with Crippen molar-refractivity contribution in [3.8, 4) is 11.8 Å². The van der Waals surface area contributed by atoms with Crippen LogP contribution in [-0.4, -0.2) is 13.7 Å². The average Bonchev–Trinajstić information content (AvgIpc) is 2.32. The summed E-state index contributed by atoms with van der Waals surface area (Å²) in [5.74, 6) is 1.51. The number of nitrogens with zero attached hydrogens (tertiary/aromatic N) is 1. The summed E-state index contributed by atoms with van der Waals surface area (Å²) >= 11 is 0. The topological polar surface area (TPSA) is 45.0 Å². The molecule has 1 N–H and O–H groups in total. The molecule has 0 aliphatic heterocycles. The Labute approximate surface area is 102 Å². The minimum Gasteiger partial charge on any atom is -0.495 e. The first-order valence-electron chi connectivity index (χ1n) is 6.11. The summed E-state index contributed by atoms with van der Waals surface area (Å²) < 4.78 is 5.12. The second kappa shape index (κ2) is 5.70. The Balaban J connectivity index is 1.89. The Hall–Kier alpha value is -1.53. The molecule has 1 aliphatic carbocycles. The number of benzene rings is 1. The van der Waals surface area contributed by atoms with Crippen LogP contribution in [0.3, 0.4) is 0 Å². The standard InChI is InChI=1S/C14H18N2O/c1-17-14-6-5-12(7-13(14)8-15)10-16-9-11-3-2-4-11/h5-7,11,16H,2-4,9-10H2,1H3. The van der Waals surface area contributed by atoms with Gasteiger partial charge in [0.1, 0.15) is 11.8 Å². The predicted molar refractivity (Wildman–Crippen MR) is 66.8 cm³/mol. The lowest BCUT2D eigenvalue weighted by Gasteiger charge is -2.25. The first kappa shape index (κ1) is 11.9. The highest BCUT2D eigenvalue weighted by Crippen LogP contribution is 2.25. The lowest BCUT2D eigenvalue weighted by Crippen LogP contribution is -2.26. The molecule has 0 heterocycles. The lowest BCUT2D eigenvalue weighted by molar-refractivity contribution is 0.301. The predicted octanol–water partition coefficient (Wildman–Crippen LogP) is 2.46. The summed E-state index contributed by atoms with van der Waals surface area (Å²) in [6.45, 7) is 1.92. The van der Waals surface area contributed by atoms with Crippen LogP contribution >= 0.6 is 0 Å². The Morgan fingerprint density at radius 3 is 2.88 bits per heavy atom. The van der Waals surface area contributed by atoms with Crippen LogP contribution in [-0.2, 0) is 6.54 Å². The molecule has 0 amide bonds. The fourth-order valence-corrected chi connectivity index (χ4v) is 2.07. The van der Waals surface area contributed by atoms with Gasteiger partial charge >= 0.3 is 0 Å². The molecule has 0 aromatic heterocycles. The largest absolute Gasteiger partial charge is 0.495 e. The molecule has 1 saturated carbocycles. The van der Waals surface area contributed by atoms with Crippen LogP contribution in [0.15, 0.2) is 18.2 Å². The zero-order valence-electron chi connectivity index (χ0n) is 10.2. The number of nitriles is 1. The number of hydrogen-bond acceptors (Lipinski definition) is 3. The third-order valence-electron chi connectivity index (χ3n) is 3.37. The zero-order chi connectivity index (χ0) is 12.1. The van der Waals surface area contributed by atoms with Crippen LogP contribution in [0.4, 0.5) is 0 Å². The van der Waals surface area contributed by atoms with Gasteiger partial charge in [0, 0.05) is 6.54 Å². The van der Waals surface area contributed by atoms with Crippen LogP contribution in [0.1, 0.15) is 30.4 Å². The van der Waals surface area contributed by atoms with Gasteiger partial charge < -0.3 is 10.1 Å². The molecule has 0 bridgehead atoms. The van der Waals surface area contributed by atoms with Crippen molar-refractivity contribution < 1.29 is 4.74 Å². The van der Waals surface area contributed by atoms with Gasteiger partial charge in [-0.05, 0) is 43.0 Å². The van der Waals surface area contributed by atoms with Gasteiger partial charge in [0.15, 0.2) is 0 Å². The van der Waals surface area contributed by atoms with Crippen molar-refractivity contribution in [2.24, 2.45) is 5.92 Å². The van der Waals surface area contributed by atoms with Crippen LogP contribution < -0.4 is 10.1 Å². The molecule has 90 valence electrons. The molecule has 1 aromatic carbocycles. The van der Waals surface area contributed by atoms with Gasteiger partial charge in [0.25, 0.3) is 0 Å². The quantitative estimate of drug-likeness (QED) is 0.845. The third kappa shape index (κ3) is 2.98. The van der Waals surface area contributed by atoms with E-state index in [1.165, 1.54) is 19.3 Å². The van der Waals surface area contributed by atoms with Crippen molar-refractivity contribution in [2.75, 3.05) is 13.7 Å². The van der Waals surface area contributed by atoms with E-state index < -0.39 is 0 Å². The van der Waals surface area contributed by atoms with E-state index in [4.69, 9.17) is 10.00 Å². The molecule has 0 atom stereocenters. The average molecular weight is 230 g/mol. The monoisotopic (exact) mass is 230 g/mol.